The lowest BCUT2D eigenvalue weighted by Gasteiger charge is -2.39. The number of para-hydroxylation sites is 1. The van der Waals surface area contributed by atoms with Crippen molar-refractivity contribution in [1.29, 1.82) is 0 Å². The Morgan fingerprint density at radius 3 is 2.32 bits per heavy atom. The Kier molecular flexibility index (Phi) is 6.50. The van der Waals surface area contributed by atoms with Crippen molar-refractivity contribution in [2.24, 2.45) is 5.92 Å². The number of carbonyl (C=O) groups excluding carboxylic acids is 1. The van der Waals surface area contributed by atoms with Crippen LogP contribution in [0.1, 0.15) is 47.8 Å². The molecule has 0 saturated heterocycles. The van der Waals surface area contributed by atoms with Crippen LogP contribution < -0.4 is 10.1 Å². The highest BCUT2D eigenvalue weighted by Gasteiger charge is 2.40. The number of rotatable bonds is 6. The molecule has 1 aliphatic rings. The van der Waals surface area contributed by atoms with Gasteiger partial charge in [-0.25, -0.2) is 0 Å². The van der Waals surface area contributed by atoms with Crippen LogP contribution in [0.4, 0.5) is 0 Å². The molecular weight excluding hydrogens is 490 g/mol. The molecule has 5 nitrogen and oxygen atoms in total. The Balaban J connectivity index is 1.47. The number of benzene rings is 3. The van der Waals surface area contributed by atoms with E-state index in [-0.39, 0.29) is 5.91 Å². The Hall–Kier alpha value is -3.90. The molecule has 0 aliphatic heterocycles. The maximum atomic E-state index is 14.4. The smallest absolute Gasteiger partial charge is 0.259 e. The molecule has 0 spiro atoms. The first kappa shape index (κ1) is 24.4. The Morgan fingerprint density at radius 1 is 0.974 bits per heavy atom. The first-order chi connectivity index (χ1) is 18.6. The van der Waals surface area contributed by atoms with Crippen molar-refractivity contribution in [1.82, 2.24) is 15.1 Å². The Bertz CT molecular complexity index is 1530. The summed E-state index contributed by atoms with van der Waals surface area (Å²) in [6, 6.07) is 30.4. The minimum atomic E-state index is -0.429. The molecule has 1 N–H and O–H groups in total. The van der Waals surface area contributed by atoms with E-state index in [1.807, 2.05) is 60.7 Å². The zero-order valence-corrected chi connectivity index (χ0v) is 22.5. The molecule has 192 valence electrons. The van der Waals surface area contributed by atoms with Gasteiger partial charge in [0, 0.05) is 15.1 Å². The highest BCUT2D eigenvalue weighted by atomic mass is 32.1. The van der Waals surface area contributed by atoms with Crippen LogP contribution in [0, 0.1) is 5.92 Å². The van der Waals surface area contributed by atoms with Gasteiger partial charge in [0.25, 0.3) is 5.91 Å². The molecule has 2 heterocycles. The van der Waals surface area contributed by atoms with Gasteiger partial charge in [-0.05, 0) is 61.3 Å². The molecule has 0 radical (unpaired) electrons. The van der Waals surface area contributed by atoms with Gasteiger partial charge in [-0.2, -0.15) is 9.78 Å². The number of fused-ring (bicyclic) bond motifs is 1. The number of nitrogens with zero attached hydrogens (tertiary/aromatic N) is 2. The van der Waals surface area contributed by atoms with Crippen molar-refractivity contribution in [3.05, 3.63) is 101 Å². The molecule has 5 aromatic rings. The SMILES string of the molecule is COc1c(C(=O)NC2(c3cc4ccccc4s3)CCC(C)CC2)c(-c2ccccc2)nn1-c1ccccc1. The maximum absolute atomic E-state index is 14.4. The van der Waals surface area contributed by atoms with Crippen molar-refractivity contribution in [3.8, 4) is 22.8 Å². The van der Waals surface area contributed by atoms with Crippen LogP contribution in [-0.2, 0) is 5.54 Å². The van der Waals surface area contributed by atoms with Gasteiger partial charge in [0.05, 0.1) is 18.3 Å². The van der Waals surface area contributed by atoms with Crippen molar-refractivity contribution in [2.75, 3.05) is 7.11 Å². The zero-order chi connectivity index (χ0) is 26.1. The van der Waals surface area contributed by atoms with E-state index in [0.29, 0.717) is 23.1 Å². The van der Waals surface area contributed by atoms with E-state index in [0.717, 1.165) is 36.9 Å². The third-order valence-corrected chi connectivity index (χ3v) is 9.01. The van der Waals surface area contributed by atoms with Crippen molar-refractivity contribution in [3.63, 3.8) is 0 Å². The van der Waals surface area contributed by atoms with Crippen molar-refractivity contribution >= 4 is 27.3 Å². The summed E-state index contributed by atoms with van der Waals surface area (Å²) in [4.78, 5) is 15.6. The lowest BCUT2D eigenvalue weighted by Crippen LogP contribution is -2.47. The summed E-state index contributed by atoms with van der Waals surface area (Å²) >= 11 is 1.79. The van der Waals surface area contributed by atoms with Crippen LogP contribution in [0.5, 0.6) is 5.88 Å². The summed E-state index contributed by atoms with van der Waals surface area (Å²) in [6.45, 7) is 2.30. The van der Waals surface area contributed by atoms with E-state index in [4.69, 9.17) is 9.84 Å². The number of aromatic nitrogens is 2. The van der Waals surface area contributed by atoms with E-state index in [9.17, 15) is 4.79 Å². The van der Waals surface area contributed by atoms with E-state index < -0.39 is 5.54 Å². The minimum Gasteiger partial charge on any atom is -0.480 e. The number of nitrogens with one attached hydrogen (secondary N) is 1. The van der Waals surface area contributed by atoms with E-state index in [2.05, 4.69) is 42.6 Å². The lowest BCUT2D eigenvalue weighted by molar-refractivity contribution is 0.0851. The molecule has 1 aliphatic carbocycles. The highest BCUT2D eigenvalue weighted by molar-refractivity contribution is 7.19. The number of hydrogen-bond donors (Lipinski definition) is 1. The number of hydrogen-bond acceptors (Lipinski definition) is 4. The predicted octanol–water partition coefficient (Wildman–Crippen LogP) is 7.60. The molecule has 2 aromatic heterocycles. The fourth-order valence-corrected chi connectivity index (χ4v) is 6.79. The predicted molar refractivity (Wildman–Crippen MR) is 154 cm³/mol. The molecule has 6 heteroatoms. The standard InChI is InChI=1S/C32H31N3O2S/c1-22-17-19-32(20-18-22,27-21-24-13-9-10-16-26(24)38-27)33-30(36)28-29(23-11-5-3-6-12-23)34-35(31(28)37-2)25-14-7-4-8-15-25/h3-16,21-22H,17-20H2,1-2H3,(H,33,36). The maximum Gasteiger partial charge on any atom is 0.259 e. The fourth-order valence-electron chi connectivity index (χ4n) is 5.52. The van der Waals surface area contributed by atoms with Crippen LogP contribution in [-0.4, -0.2) is 22.8 Å². The van der Waals surface area contributed by atoms with Crippen molar-refractivity contribution in [2.45, 2.75) is 38.1 Å². The van der Waals surface area contributed by atoms with Crippen LogP contribution >= 0.6 is 11.3 Å². The number of ether oxygens (including phenoxy) is 1. The average molecular weight is 522 g/mol. The molecule has 1 saturated carbocycles. The molecule has 0 unspecified atom stereocenters. The summed E-state index contributed by atoms with van der Waals surface area (Å²) in [5.41, 5.74) is 2.35. The van der Waals surface area contributed by atoms with Gasteiger partial charge in [-0.3, -0.25) is 4.79 Å². The van der Waals surface area contributed by atoms with Gasteiger partial charge < -0.3 is 10.1 Å². The van der Waals surface area contributed by atoms with Crippen molar-refractivity contribution < 1.29 is 9.53 Å². The number of amides is 1. The minimum absolute atomic E-state index is 0.158. The fraction of sp³-hybridized carbons (Fsp3) is 0.250. The van der Waals surface area contributed by atoms with Gasteiger partial charge in [-0.15, -0.1) is 11.3 Å². The molecule has 6 rings (SSSR count). The van der Waals surface area contributed by atoms with Gasteiger partial charge in [0.2, 0.25) is 5.88 Å². The number of methoxy groups -OCH3 is 1. The van der Waals surface area contributed by atoms with Crippen LogP contribution in [0.25, 0.3) is 27.0 Å². The lowest BCUT2D eigenvalue weighted by atomic mass is 9.76. The first-order valence-electron chi connectivity index (χ1n) is 13.2. The van der Waals surface area contributed by atoms with Crippen LogP contribution in [0.3, 0.4) is 0 Å². The molecule has 38 heavy (non-hydrogen) atoms. The third kappa shape index (κ3) is 4.39. The van der Waals surface area contributed by atoms with Gasteiger partial charge in [-0.1, -0.05) is 73.7 Å². The number of carbonyl (C=O) groups is 1. The van der Waals surface area contributed by atoms with Crippen LogP contribution in [0.2, 0.25) is 0 Å². The topological polar surface area (TPSA) is 56.1 Å². The quantitative estimate of drug-likeness (QED) is 0.250. The van der Waals surface area contributed by atoms with Crippen LogP contribution in [0.15, 0.2) is 91.0 Å². The second kappa shape index (κ2) is 10.1. The highest BCUT2D eigenvalue weighted by Crippen LogP contribution is 2.45. The Labute approximate surface area is 227 Å². The zero-order valence-electron chi connectivity index (χ0n) is 21.7. The summed E-state index contributed by atoms with van der Waals surface area (Å²) in [5, 5.41) is 9.67. The summed E-state index contributed by atoms with van der Waals surface area (Å²) in [7, 11) is 1.60. The summed E-state index contributed by atoms with van der Waals surface area (Å²) < 4.78 is 8.86. The second-order valence-corrected chi connectivity index (χ2v) is 11.3. The second-order valence-electron chi connectivity index (χ2n) is 10.2. The number of thiophene rings is 1. The molecule has 0 bridgehead atoms. The average Bonchev–Trinajstić information content (AvgIpc) is 3.58. The van der Waals surface area contributed by atoms with E-state index in [1.165, 1.54) is 15.0 Å². The molecular formula is C32H31N3O2S. The molecule has 3 aromatic carbocycles. The molecule has 1 fully saturated rings. The molecule has 1 amide bonds. The summed E-state index contributed by atoms with van der Waals surface area (Å²) in [5.74, 6) is 0.919. The van der Waals surface area contributed by atoms with Gasteiger partial charge >= 0.3 is 0 Å². The van der Waals surface area contributed by atoms with Gasteiger partial charge in [0.15, 0.2) is 0 Å². The van der Waals surface area contributed by atoms with Gasteiger partial charge in [0.1, 0.15) is 11.3 Å². The monoisotopic (exact) mass is 521 g/mol. The third-order valence-electron chi connectivity index (χ3n) is 7.69. The normalized spacial score (nSPS) is 19.4. The molecule has 0 atom stereocenters. The largest absolute Gasteiger partial charge is 0.480 e. The first-order valence-corrected chi connectivity index (χ1v) is 14.0. The van der Waals surface area contributed by atoms with E-state index in [1.54, 1.807) is 23.1 Å². The van der Waals surface area contributed by atoms with E-state index >= 15 is 0 Å². The summed E-state index contributed by atoms with van der Waals surface area (Å²) in [6.07, 6.45) is 3.95. The Morgan fingerprint density at radius 2 is 1.63 bits per heavy atom.